The van der Waals surface area contributed by atoms with E-state index in [2.05, 4.69) is 21.2 Å². The number of anilines is 1. The molecule has 0 atom stereocenters. The number of carbonyl (C=O) groups is 2. The molecule has 0 spiro atoms. The van der Waals surface area contributed by atoms with Crippen molar-refractivity contribution in [1.29, 1.82) is 0 Å². The van der Waals surface area contributed by atoms with Crippen LogP contribution in [0.4, 0.5) is 10.5 Å². The normalized spacial score (nSPS) is 10.5. The Morgan fingerprint density at radius 1 is 1.17 bits per heavy atom. The molecule has 3 rings (SSSR count). The van der Waals surface area contributed by atoms with E-state index in [-0.39, 0.29) is 17.2 Å². The minimum atomic E-state index is -1.09. The van der Waals surface area contributed by atoms with Gasteiger partial charge in [0.25, 0.3) is 0 Å². The maximum atomic E-state index is 12.0. The number of amides is 1. The molecule has 0 fully saturated rings. The first-order valence-corrected chi connectivity index (χ1v) is 8.58. The number of thiophene rings is 1. The largest absolute Gasteiger partial charge is 0.477 e. The number of hydrogen-bond acceptors (Lipinski definition) is 4. The van der Waals surface area contributed by atoms with E-state index in [1.165, 1.54) is 0 Å². The third kappa shape index (κ3) is 3.58. The van der Waals surface area contributed by atoms with Gasteiger partial charge in [-0.15, -0.1) is 11.3 Å². The molecular weight excluding hydrogens is 394 g/mol. The summed E-state index contributed by atoms with van der Waals surface area (Å²) in [6, 6.07) is 14.6. The van der Waals surface area contributed by atoms with Gasteiger partial charge in [0.05, 0.1) is 5.69 Å². The van der Waals surface area contributed by atoms with Gasteiger partial charge in [-0.05, 0) is 17.7 Å². The second kappa shape index (κ2) is 7.02. The van der Waals surface area contributed by atoms with Crippen LogP contribution in [0.5, 0.6) is 0 Å². The number of halogens is 1. The first-order chi connectivity index (χ1) is 11.5. The van der Waals surface area contributed by atoms with Gasteiger partial charge >= 0.3 is 12.1 Å². The van der Waals surface area contributed by atoms with Crippen LogP contribution in [0.3, 0.4) is 0 Å². The third-order valence-corrected chi connectivity index (χ3v) is 4.92. The lowest BCUT2D eigenvalue weighted by Crippen LogP contribution is -2.15. The molecule has 24 heavy (non-hydrogen) atoms. The first-order valence-electron chi connectivity index (χ1n) is 6.97. The lowest BCUT2D eigenvalue weighted by atomic mass is 10.2. The Labute approximate surface area is 150 Å². The summed E-state index contributed by atoms with van der Waals surface area (Å²) in [4.78, 5) is 23.6. The highest BCUT2D eigenvalue weighted by Gasteiger charge is 2.20. The second-order valence-corrected chi connectivity index (χ2v) is 6.91. The van der Waals surface area contributed by atoms with Crippen molar-refractivity contribution in [1.82, 2.24) is 0 Å². The zero-order valence-electron chi connectivity index (χ0n) is 12.3. The monoisotopic (exact) mass is 405 g/mol. The van der Waals surface area contributed by atoms with Gasteiger partial charge in [-0.3, -0.25) is 5.32 Å². The first kappa shape index (κ1) is 16.5. The summed E-state index contributed by atoms with van der Waals surface area (Å²) < 4.78 is 6.76. The van der Waals surface area contributed by atoms with Crippen LogP contribution >= 0.6 is 27.3 Å². The van der Waals surface area contributed by atoms with E-state index in [0.29, 0.717) is 5.39 Å². The van der Waals surface area contributed by atoms with Crippen molar-refractivity contribution in [2.45, 2.75) is 6.61 Å². The van der Waals surface area contributed by atoms with Gasteiger partial charge in [0.2, 0.25) is 0 Å². The fraction of sp³-hybridized carbons (Fsp3) is 0.0588. The van der Waals surface area contributed by atoms with E-state index in [4.69, 9.17) is 4.74 Å². The van der Waals surface area contributed by atoms with Gasteiger partial charge < -0.3 is 9.84 Å². The smallest absolute Gasteiger partial charge is 0.412 e. The maximum absolute atomic E-state index is 12.0. The Balaban J connectivity index is 1.82. The van der Waals surface area contributed by atoms with Crippen LogP contribution in [-0.2, 0) is 11.3 Å². The fourth-order valence-electron chi connectivity index (χ4n) is 2.21. The number of carboxylic acid groups (broad SMARTS) is 1. The van der Waals surface area contributed by atoms with Crippen molar-refractivity contribution in [2.75, 3.05) is 5.32 Å². The number of fused-ring (bicyclic) bond motifs is 1. The summed E-state index contributed by atoms with van der Waals surface area (Å²) in [5.74, 6) is -1.09. The van der Waals surface area contributed by atoms with Crippen LogP contribution in [-0.4, -0.2) is 17.2 Å². The molecule has 1 heterocycles. The zero-order valence-corrected chi connectivity index (χ0v) is 14.7. The summed E-state index contributed by atoms with van der Waals surface area (Å²) in [6.07, 6.45) is -0.691. The van der Waals surface area contributed by atoms with Crippen molar-refractivity contribution in [2.24, 2.45) is 0 Å². The predicted molar refractivity (Wildman–Crippen MR) is 96.7 cm³/mol. The van der Waals surface area contributed by atoms with E-state index in [9.17, 15) is 14.7 Å². The Morgan fingerprint density at radius 2 is 1.92 bits per heavy atom. The summed E-state index contributed by atoms with van der Waals surface area (Å²) in [5, 5.41) is 12.6. The summed E-state index contributed by atoms with van der Waals surface area (Å²) in [6.45, 7) is 0.114. The number of benzene rings is 2. The van der Waals surface area contributed by atoms with E-state index < -0.39 is 12.1 Å². The minimum Gasteiger partial charge on any atom is -0.477 e. The molecule has 3 aromatic rings. The average Bonchev–Trinajstić information content (AvgIpc) is 2.92. The Kier molecular flexibility index (Phi) is 4.82. The van der Waals surface area contributed by atoms with Crippen LogP contribution in [0.2, 0.25) is 0 Å². The van der Waals surface area contributed by atoms with Gasteiger partial charge in [-0.1, -0.05) is 52.3 Å². The summed E-state index contributed by atoms with van der Waals surface area (Å²) in [5.41, 5.74) is 1.11. The van der Waals surface area contributed by atoms with Gasteiger partial charge in [0.1, 0.15) is 11.5 Å². The number of aromatic carboxylic acids is 1. The summed E-state index contributed by atoms with van der Waals surface area (Å²) >= 11 is 4.45. The molecule has 1 amide bonds. The number of hydrogen-bond donors (Lipinski definition) is 2. The van der Waals surface area contributed by atoms with Crippen molar-refractivity contribution in [3.05, 3.63) is 63.4 Å². The lowest BCUT2D eigenvalue weighted by molar-refractivity contribution is 0.0703. The SMILES string of the molecule is O=C(Nc1c(C(=O)O)sc2cc(Br)ccc12)OCc1ccccc1. The molecule has 0 aliphatic rings. The van der Waals surface area contributed by atoms with Crippen LogP contribution in [0.15, 0.2) is 53.0 Å². The molecule has 0 aliphatic carbocycles. The van der Waals surface area contributed by atoms with Gasteiger partial charge in [0, 0.05) is 14.6 Å². The Morgan fingerprint density at radius 3 is 2.62 bits per heavy atom. The van der Waals surface area contributed by atoms with E-state index >= 15 is 0 Å². The van der Waals surface area contributed by atoms with E-state index in [0.717, 1.165) is 26.1 Å². The number of carboxylic acids is 1. The topological polar surface area (TPSA) is 75.6 Å². The van der Waals surface area contributed by atoms with Gasteiger partial charge in [-0.2, -0.15) is 0 Å². The molecule has 122 valence electrons. The van der Waals surface area contributed by atoms with Crippen LogP contribution in [0.1, 0.15) is 15.2 Å². The van der Waals surface area contributed by atoms with Crippen molar-refractivity contribution >= 4 is 55.1 Å². The average molecular weight is 406 g/mol. The number of ether oxygens (including phenoxy) is 1. The number of nitrogens with one attached hydrogen (secondary N) is 1. The fourth-order valence-corrected chi connectivity index (χ4v) is 3.76. The Hall–Kier alpha value is -2.38. The molecule has 0 saturated heterocycles. The number of rotatable bonds is 4. The predicted octanol–water partition coefficient (Wildman–Crippen LogP) is 5.11. The quantitative estimate of drug-likeness (QED) is 0.631. The second-order valence-electron chi connectivity index (χ2n) is 4.94. The number of carbonyl (C=O) groups excluding carboxylic acids is 1. The molecular formula is C17H12BrNO4S. The molecule has 2 N–H and O–H groups in total. The molecule has 0 aliphatic heterocycles. The molecule has 0 unspecified atom stereocenters. The standard InChI is InChI=1S/C17H12BrNO4S/c18-11-6-7-12-13(8-11)24-15(16(20)21)14(12)19-17(22)23-9-10-4-2-1-3-5-10/h1-8H,9H2,(H,19,22)(H,20,21). The Bertz CT molecular complexity index is 908. The minimum absolute atomic E-state index is 0.0692. The molecule has 0 bridgehead atoms. The third-order valence-electron chi connectivity index (χ3n) is 3.29. The summed E-state index contributed by atoms with van der Waals surface area (Å²) in [7, 11) is 0. The van der Waals surface area contributed by atoms with Gasteiger partial charge in [-0.25, -0.2) is 9.59 Å². The molecule has 5 nitrogen and oxygen atoms in total. The van der Waals surface area contributed by atoms with Crippen molar-refractivity contribution in [3.63, 3.8) is 0 Å². The highest BCUT2D eigenvalue weighted by molar-refractivity contribution is 9.10. The highest BCUT2D eigenvalue weighted by Crippen LogP contribution is 2.37. The zero-order chi connectivity index (χ0) is 17.1. The van der Waals surface area contributed by atoms with Crippen LogP contribution in [0.25, 0.3) is 10.1 Å². The lowest BCUT2D eigenvalue weighted by Gasteiger charge is -2.07. The van der Waals surface area contributed by atoms with E-state index in [1.54, 1.807) is 12.1 Å². The van der Waals surface area contributed by atoms with Crippen LogP contribution in [0, 0.1) is 0 Å². The molecule has 2 aromatic carbocycles. The van der Waals surface area contributed by atoms with Crippen molar-refractivity contribution in [3.8, 4) is 0 Å². The molecule has 0 radical (unpaired) electrons. The van der Waals surface area contributed by atoms with E-state index in [1.807, 2.05) is 36.4 Å². The van der Waals surface area contributed by atoms with Gasteiger partial charge in [0.15, 0.2) is 0 Å². The molecule has 7 heteroatoms. The maximum Gasteiger partial charge on any atom is 0.412 e. The van der Waals surface area contributed by atoms with Crippen molar-refractivity contribution < 1.29 is 19.4 Å². The molecule has 1 aromatic heterocycles. The van der Waals surface area contributed by atoms with Crippen LogP contribution < -0.4 is 5.32 Å². The molecule has 0 saturated carbocycles. The highest BCUT2D eigenvalue weighted by atomic mass is 79.9.